The minimum Gasteiger partial charge on any atom is -0.466 e. The van der Waals surface area contributed by atoms with E-state index in [0.717, 1.165) is 11.0 Å². The molecule has 4 heteroatoms. The van der Waals surface area contributed by atoms with Gasteiger partial charge in [0, 0.05) is 17.3 Å². The number of ether oxygens (including phenoxy) is 1. The third kappa shape index (κ3) is 2.48. The monoisotopic (exact) mass is 295 g/mol. The van der Waals surface area contributed by atoms with Gasteiger partial charge in [-0.2, -0.15) is 0 Å². The van der Waals surface area contributed by atoms with Crippen molar-refractivity contribution in [1.82, 2.24) is 4.57 Å². The highest BCUT2D eigenvalue weighted by Crippen LogP contribution is 2.19. The Morgan fingerprint density at radius 1 is 1.00 bits per heavy atom. The number of carbonyl (C=O) groups excluding carboxylic acids is 1. The van der Waals surface area contributed by atoms with Crippen molar-refractivity contribution >= 4 is 27.8 Å². The molecule has 0 aliphatic rings. The Bertz CT molecular complexity index is 836. The summed E-state index contributed by atoms with van der Waals surface area (Å²) >= 11 is 0. The predicted molar refractivity (Wildman–Crippen MR) is 87.0 cm³/mol. The van der Waals surface area contributed by atoms with Gasteiger partial charge >= 0.3 is 5.97 Å². The van der Waals surface area contributed by atoms with Crippen LogP contribution in [0.1, 0.15) is 13.3 Å². The zero-order chi connectivity index (χ0) is 15.5. The molecule has 0 bridgehead atoms. The number of para-hydroxylation sites is 2. The van der Waals surface area contributed by atoms with Crippen molar-refractivity contribution in [3.63, 3.8) is 0 Å². The summed E-state index contributed by atoms with van der Waals surface area (Å²) in [7, 11) is 0. The van der Waals surface area contributed by atoms with Crippen molar-refractivity contribution in [3.05, 3.63) is 58.8 Å². The van der Waals surface area contributed by atoms with Gasteiger partial charge in [-0.05, 0) is 31.2 Å². The van der Waals surface area contributed by atoms with Crippen molar-refractivity contribution in [2.75, 3.05) is 6.61 Å². The van der Waals surface area contributed by atoms with E-state index in [0.29, 0.717) is 23.9 Å². The topological polar surface area (TPSA) is 48.3 Å². The molecule has 0 aliphatic carbocycles. The van der Waals surface area contributed by atoms with Crippen LogP contribution in [0, 0.1) is 0 Å². The lowest BCUT2D eigenvalue weighted by atomic mass is 10.1. The van der Waals surface area contributed by atoms with Crippen LogP contribution < -0.4 is 5.43 Å². The van der Waals surface area contributed by atoms with Gasteiger partial charge in [-0.15, -0.1) is 0 Å². The largest absolute Gasteiger partial charge is 0.466 e. The Hall–Kier alpha value is -2.62. The van der Waals surface area contributed by atoms with Crippen LogP contribution in [0.3, 0.4) is 0 Å². The third-order valence-electron chi connectivity index (χ3n) is 3.72. The number of nitrogens with zero attached hydrogens (tertiary/aromatic N) is 1. The second-order valence-corrected chi connectivity index (χ2v) is 5.07. The van der Waals surface area contributed by atoms with Gasteiger partial charge in [-0.25, -0.2) is 0 Å². The first-order valence-corrected chi connectivity index (χ1v) is 7.38. The normalized spacial score (nSPS) is 11.0. The second-order valence-electron chi connectivity index (χ2n) is 5.07. The maximum Gasteiger partial charge on any atom is 0.307 e. The molecule has 0 aliphatic heterocycles. The minimum absolute atomic E-state index is 0.0265. The highest BCUT2D eigenvalue weighted by Gasteiger charge is 2.11. The van der Waals surface area contributed by atoms with E-state index in [2.05, 4.69) is 0 Å². The molecule has 0 saturated heterocycles. The first kappa shape index (κ1) is 14.3. The Morgan fingerprint density at radius 3 is 2.09 bits per heavy atom. The molecule has 0 atom stereocenters. The van der Waals surface area contributed by atoms with Gasteiger partial charge in [-0.3, -0.25) is 9.59 Å². The average Bonchev–Trinajstić information content (AvgIpc) is 2.55. The van der Waals surface area contributed by atoms with Gasteiger partial charge in [0.15, 0.2) is 5.43 Å². The first-order chi connectivity index (χ1) is 10.7. The fourth-order valence-electron chi connectivity index (χ4n) is 2.75. The lowest BCUT2D eigenvalue weighted by molar-refractivity contribution is -0.143. The molecule has 0 spiro atoms. The fraction of sp³-hybridized carbons (Fsp3) is 0.222. The molecule has 3 rings (SSSR count). The Kier molecular flexibility index (Phi) is 3.92. The van der Waals surface area contributed by atoms with Crippen molar-refractivity contribution in [3.8, 4) is 0 Å². The molecule has 1 aromatic heterocycles. The zero-order valence-electron chi connectivity index (χ0n) is 12.4. The number of hydrogen-bond acceptors (Lipinski definition) is 3. The number of fused-ring (bicyclic) bond motifs is 2. The van der Waals surface area contributed by atoms with Crippen LogP contribution in [-0.2, 0) is 16.1 Å². The SMILES string of the molecule is CCOC(=O)CCn1c2ccccc2c(=O)c2ccccc21. The van der Waals surface area contributed by atoms with Gasteiger partial charge in [-0.1, -0.05) is 24.3 Å². The zero-order valence-corrected chi connectivity index (χ0v) is 12.4. The van der Waals surface area contributed by atoms with Crippen LogP contribution in [0.4, 0.5) is 0 Å². The molecule has 3 aromatic rings. The molecule has 2 aromatic carbocycles. The van der Waals surface area contributed by atoms with Gasteiger partial charge in [0.2, 0.25) is 0 Å². The number of aromatic nitrogens is 1. The van der Waals surface area contributed by atoms with E-state index >= 15 is 0 Å². The third-order valence-corrected chi connectivity index (χ3v) is 3.72. The van der Waals surface area contributed by atoms with Crippen molar-refractivity contribution in [1.29, 1.82) is 0 Å². The molecule has 0 unspecified atom stereocenters. The van der Waals surface area contributed by atoms with Gasteiger partial charge in [0.1, 0.15) is 0 Å². The molecular weight excluding hydrogens is 278 g/mol. The maximum absolute atomic E-state index is 12.6. The van der Waals surface area contributed by atoms with Crippen molar-refractivity contribution in [2.45, 2.75) is 19.9 Å². The molecule has 0 amide bonds. The van der Waals surface area contributed by atoms with Crippen LogP contribution >= 0.6 is 0 Å². The maximum atomic E-state index is 12.6. The standard InChI is InChI=1S/C18H17NO3/c1-2-22-17(20)11-12-19-15-9-5-3-7-13(15)18(21)14-8-4-6-10-16(14)19/h3-10H,2,11-12H2,1H3. The summed E-state index contributed by atoms with van der Waals surface area (Å²) < 4.78 is 7.01. The van der Waals surface area contributed by atoms with E-state index in [-0.39, 0.29) is 17.8 Å². The van der Waals surface area contributed by atoms with Crippen LogP contribution in [0.25, 0.3) is 21.8 Å². The number of aryl methyl sites for hydroxylation is 1. The summed E-state index contributed by atoms with van der Waals surface area (Å²) in [6.07, 6.45) is 0.282. The molecule has 1 heterocycles. The van der Waals surface area contributed by atoms with Crippen LogP contribution in [0.5, 0.6) is 0 Å². The lowest BCUT2D eigenvalue weighted by Crippen LogP contribution is -2.14. The van der Waals surface area contributed by atoms with Crippen molar-refractivity contribution in [2.24, 2.45) is 0 Å². The summed E-state index contributed by atoms with van der Waals surface area (Å²) in [5, 5.41) is 1.34. The van der Waals surface area contributed by atoms with Crippen LogP contribution in [0.15, 0.2) is 53.3 Å². The quantitative estimate of drug-likeness (QED) is 0.549. The number of carbonyl (C=O) groups is 1. The molecule has 112 valence electrons. The molecular formula is C18H17NO3. The van der Waals surface area contributed by atoms with E-state index in [1.165, 1.54) is 0 Å². The van der Waals surface area contributed by atoms with Crippen LogP contribution in [0.2, 0.25) is 0 Å². The summed E-state index contributed by atoms with van der Waals surface area (Å²) in [5.41, 5.74) is 1.71. The summed E-state index contributed by atoms with van der Waals surface area (Å²) in [4.78, 5) is 24.2. The molecule has 0 radical (unpaired) electrons. The van der Waals surface area contributed by atoms with Crippen LogP contribution in [-0.4, -0.2) is 17.1 Å². The lowest BCUT2D eigenvalue weighted by Gasteiger charge is -2.14. The molecule has 22 heavy (non-hydrogen) atoms. The summed E-state index contributed by atoms with van der Waals surface area (Å²) in [6, 6.07) is 15.0. The van der Waals surface area contributed by atoms with Gasteiger partial charge in [0.05, 0.1) is 24.1 Å². The number of benzene rings is 2. The van der Waals surface area contributed by atoms with Gasteiger partial charge < -0.3 is 9.30 Å². The highest BCUT2D eigenvalue weighted by atomic mass is 16.5. The molecule has 4 nitrogen and oxygen atoms in total. The van der Waals surface area contributed by atoms with E-state index in [1.54, 1.807) is 6.92 Å². The Morgan fingerprint density at radius 2 is 1.55 bits per heavy atom. The number of hydrogen-bond donors (Lipinski definition) is 0. The Labute approximate surface area is 127 Å². The van der Waals surface area contributed by atoms with E-state index in [4.69, 9.17) is 4.74 Å². The number of rotatable bonds is 4. The first-order valence-electron chi connectivity index (χ1n) is 7.38. The van der Waals surface area contributed by atoms with E-state index in [1.807, 2.05) is 53.1 Å². The predicted octanol–water partition coefficient (Wildman–Crippen LogP) is 3.11. The number of esters is 1. The average molecular weight is 295 g/mol. The fourth-order valence-corrected chi connectivity index (χ4v) is 2.75. The van der Waals surface area contributed by atoms with Gasteiger partial charge in [0.25, 0.3) is 0 Å². The molecule has 0 saturated carbocycles. The number of pyridine rings is 1. The molecule has 0 N–H and O–H groups in total. The highest BCUT2D eigenvalue weighted by molar-refractivity contribution is 5.93. The van der Waals surface area contributed by atoms with E-state index in [9.17, 15) is 9.59 Å². The second kappa shape index (κ2) is 6.02. The van der Waals surface area contributed by atoms with Crippen molar-refractivity contribution < 1.29 is 9.53 Å². The summed E-state index contributed by atoms with van der Waals surface area (Å²) in [5.74, 6) is -0.227. The van der Waals surface area contributed by atoms with E-state index < -0.39 is 0 Å². The smallest absolute Gasteiger partial charge is 0.307 e. The minimum atomic E-state index is -0.227. The Balaban J connectivity index is 2.19. The summed E-state index contributed by atoms with van der Waals surface area (Å²) in [6.45, 7) is 2.66. The molecule has 0 fully saturated rings.